The van der Waals surface area contributed by atoms with Gasteiger partial charge in [0.2, 0.25) is 5.91 Å². The van der Waals surface area contributed by atoms with Gasteiger partial charge in [0, 0.05) is 34.8 Å². The van der Waals surface area contributed by atoms with Crippen LogP contribution in [0.5, 0.6) is 0 Å². The second-order valence-corrected chi connectivity index (χ2v) is 10.4. The maximum absolute atomic E-state index is 13.4. The van der Waals surface area contributed by atoms with E-state index in [4.69, 9.17) is 5.73 Å². The molecule has 1 aliphatic heterocycles. The number of rotatable bonds is 6. The molecule has 184 valence electrons. The number of carbonyl (C=O) groups is 2. The van der Waals surface area contributed by atoms with Crippen LogP contribution in [-0.4, -0.2) is 33.6 Å². The highest BCUT2D eigenvalue weighted by Crippen LogP contribution is 2.46. The van der Waals surface area contributed by atoms with Gasteiger partial charge in [0.1, 0.15) is 0 Å². The van der Waals surface area contributed by atoms with E-state index in [9.17, 15) is 14.7 Å². The van der Waals surface area contributed by atoms with Crippen LogP contribution in [-0.2, 0) is 6.42 Å². The third-order valence-corrected chi connectivity index (χ3v) is 8.42. The molecule has 1 saturated carbocycles. The number of benzene rings is 2. The van der Waals surface area contributed by atoms with E-state index in [0.717, 1.165) is 78.4 Å². The molecule has 6 heteroatoms. The lowest BCUT2D eigenvalue weighted by Crippen LogP contribution is -2.35. The quantitative estimate of drug-likeness (QED) is 0.439. The Morgan fingerprint density at radius 3 is 2.49 bits per heavy atom. The molecule has 1 fully saturated rings. The number of nitrogens with zero attached hydrogens (tertiary/aromatic N) is 1. The molecule has 0 unspecified atom stereocenters. The third-order valence-electron chi connectivity index (χ3n) is 8.42. The van der Waals surface area contributed by atoms with E-state index in [1.807, 2.05) is 34.9 Å². The highest BCUT2D eigenvalue weighted by molar-refractivity contribution is 6.06. The number of carbonyl (C=O) groups excluding carboxylic acids is 2. The van der Waals surface area contributed by atoms with Gasteiger partial charge in [-0.2, -0.15) is 0 Å². The van der Waals surface area contributed by atoms with Crippen molar-refractivity contribution in [2.45, 2.75) is 77.4 Å². The van der Waals surface area contributed by atoms with Crippen LogP contribution in [0.1, 0.15) is 79.6 Å². The van der Waals surface area contributed by atoms with Crippen molar-refractivity contribution in [3.05, 3.63) is 53.7 Å². The lowest BCUT2D eigenvalue weighted by Gasteiger charge is -2.36. The number of hydrogen-bond donors (Lipinski definition) is 3. The van der Waals surface area contributed by atoms with Gasteiger partial charge in [-0.1, -0.05) is 38.1 Å². The number of anilines is 1. The number of para-hydroxylation sites is 1. The van der Waals surface area contributed by atoms with E-state index in [0.29, 0.717) is 12.0 Å². The molecule has 6 nitrogen and oxygen atoms in total. The minimum Gasteiger partial charge on any atom is -0.393 e. The Morgan fingerprint density at radius 2 is 1.80 bits per heavy atom. The van der Waals surface area contributed by atoms with E-state index >= 15 is 0 Å². The van der Waals surface area contributed by atoms with Crippen molar-refractivity contribution in [1.29, 1.82) is 0 Å². The zero-order valence-corrected chi connectivity index (χ0v) is 20.6. The van der Waals surface area contributed by atoms with Gasteiger partial charge in [-0.15, -0.1) is 0 Å². The molecular weight excluding hydrogens is 438 g/mol. The van der Waals surface area contributed by atoms with E-state index in [1.165, 1.54) is 0 Å². The summed E-state index contributed by atoms with van der Waals surface area (Å²) >= 11 is 0. The van der Waals surface area contributed by atoms with E-state index in [1.54, 1.807) is 6.07 Å². The molecule has 2 aromatic carbocycles. The smallest absolute Gasteiger partial charge is 0.250 e. The predicted molar refractivity (Wildman–Crippen MR) is 140 cm³/mol. The van der Waals surface area contributed by atoms with Crippen LogP contribution in [0.2, 0.25) is 0 Å². The first-order valence-corrected chi connectivity index (χ1v) is 12.9. The van der Waals surface area contributed by atoms with Crippen molar-refractivity contribution in [2.24, 2.45) is 11.1 Å². The number of primary amides is 1. The molecule has 0 spiro atoms. The minimum absolute atomic E-state index is 0.0343. The Hall–Kier alpha value is -3.12. The predicted octanol–water partition coefficient (Wildman–Crippen LogP) is 5.52. The standard InChI is InChI=1S/C29H35N3O3/c1-3-29(4-2)16-25-27(22-7-5-6-8-24(22)32(25)26(34)17-29)18-9-14-21(28(30)35)23(15-18)31-19-10-12-20(33)13-11-19/h5-9,14-15,19-20,31,33H,3-4,10-13,16-17H2,1-2H3,(H2,30,35). The van der Waals surface area contributed by atoms with E-state index in [2.05, 4.69) is 25.2 Å². The molecule has 0 saturated heterocycles. The Kier molecular flexibility index (Phi) is 6.18. The van der Waals surface area contributed by atoms with Crippen LogP contribution in [0.4, 0.5) is 5.69 Å². The Balaban J connectivity index is 1.66. The lowest BCUT2D eigenvalue weighted by molar-refractivity contribution is 0.0769. The maximum Gasteiger partial charge on any atom is 0.250 e. The summed E-state index contributed by atoms with van der Waals surface area (Å²) in [6.45, 7) is 4.36. The first-order chi connectivity index (χ1) is 16.9. The molecule has 1 aromatic heterocycles. The molecule has 4 N–H and O–H groups in total. The number of aliphatic hydroxyl groups excluding tert-OH is 1. The fourth-order valence-electron chi connectivity index (χ4n) is 6.11. The normalized spacial score (nSPS) is 21.6. The Labute approximate surface area is 206 Å². The number of fused-ring (bicyclic) bond motifs is 3. The van der Waals surface area contributed by atoms with Crippen molar-refractivity contribution < 1.29 is 14.7 Å². The van der Waals surface area contributed by atoms with Gasteiger partial charge in [-0.25, -0.2) is 0 Å². The van der Waals surface area contributed by atoms with Gasteiger partial charge >= 0.3 is 0 Å². The number of nitrogens with one attached hydrogen (secondary N) is 1. The van der Waals surface area contributed by atoms with E-state index in [-0.39, 0.29) is 23.5 Å². The Bertz CT molecular complexity index is 1280. The summed E-state index contributed by atoms with van der Waals surface area (Å²) in [5, 5.41) is 14.5. The molecule has 2 aliphatic rings. The van der Waals surface area contributed by atoms with Gasteiger partial charge < -0.3 is 16.2 Å². The monoisotopic (exact) mass is 473 g/mol. The van der Waals surface area contributed by atoms with Gasteiger partial charge in [-0.05, 0) is 74.1 Å². The summed E-state index contributed by atoms with van der Waals surface area (Å²) in [5.74, 6) is -0.310. The fourth-order valence-corrected chi connectivity index (χ4v) is 6.11. The first-order valence-electron chi connectivity index (χ1n) is 12.9. The highest BCUT2D eigenvalue weighted by atomic mass is 16.3. The third kappa shape index (κ3) is 4.14. The minimum atomic E-state index is -0.468. The second-order valence-electron chi connectivity index (χ2n) is 10.4. The summed E-state index contributed by atoms with van der Waals surface area (Å²) in [7, 11) is 0. The van der Waals surface area contributed by atoms with Crippen LogP contribution < -0.4 is 11.1 Å². The van der Waals surface area contributed by atoms with Crippen LogP contribution >= 0.6 is 0 Å². The van der Waals surface area contributed by atoms with Gasteiger partial charge in [-0.3, -0.25) is 14.2 Å². The zero-order chi connectivity index (χ0) is 24.7. The molecule has 5 rings (SSSR count). The van der Waals surface area contributed by atoms with Crippen molar-refractivity contribution in [2.75, 3.05) is 5.32 Å². The number of hydrogen-bond acceptors (Lipinski definition) is 4. The van der Waals surface area contributed by atoms with Gasteiger partial charge in [0.15, 0.2) is 0 Å². The molecule has 0 bridgehead atoms. The molecule has 1 aliphatic carbocycles. The average Bonchev–Trinajstić information content (AvgIpc) is 3.19. The topological polar surface area (TPSA) is 97.4 Å². The van der Waals surface area contributed by atoms with Gasteiger partial charge in [0.05, 0.1) is 17.2 Å². The summed E-state index contributed by atoms with van der Waals surface area (Å²) in [6.07, 6.45) is 6.26. The van der Waals surface area contributed by atoms with Crippen molar-refractivity contribution in [3.8, 4) is 11.1 Å². The molecule has 2 heterocycles. The fraction of sp³-hybridized carbons (Fsp3) is 0.448. The number of nitrogens with two attached hydrogens (primary N) is 1. The van der Waals surface area contributed by atoms with Crippen LogP contribution in [0, 0.1) is 5.41 Å². The number of aromatic nitrogens is 1. The number of amides is 1. The van der Waals surface area contributed by atoms with Crippen LogP contribution in [0.25, 0.3) is 22.0 Å². The number of aliphatic hydroxyl groups is 1. The Morgan fingerprint density at radius 1 is 1.09 bits per heavy atom. The van der Waals surface area contributed by atoms with Crippen LogP contribution in [0.15, 0.2) is 42.5 Å². The molecule has 3 aromatic rings. The molecule has 0 radical (unpaired) electrons. The summed E-state index contributed by atoms with van der Waals surface area (Å²) in [5.41, 5.74) is 10.9. The van der Waals surface area contributed by atoms with Crippen LogP contribution in [0.3, 0.4) is 0 Å². The summed E-state index contributed by atoms with van der Waals surface area (Å²) in [4.78, 5) is 25.7. The highest BCUT2D eigenvalue weighted by Gasteiger charge is 2.39. The summed E-state index contributed by atoms with van der Waals surface area (Å²) < 4.78 is 1.92. The molecule has 1 amide bonds. The second kappa shape index (κ2) is 9.15. The SMILES string of the molecule is CCC1(CC)CC(=O)n2c(c(-c3ccc(C(N)=O)c(NC4CCC(O)CC4)c3)c3ccccc32)C1. The van der Waals surface area contributed by atoms with Crippen molar-refractivity contribution in [1.82, 2.24) is 4.57 Å². The lowest BCUT2D eigenvalue weighted by atomic mass is 9.72. The van der Waals surface area contributed by atoms with Crippen molar-refractivity contribution in [3.63, 3.8) is 0 Å². The largest absolute Gasteiger partial charge is 0.393 e. The molecule has 35 heavy (non-hydrogen) atoms. The zero-order valence-electron chi connectivity index (χ0n) is 20.6. The molecule has 0 atom stereocenters. The van der Waals surface area contributed by atoms with Crippen molar-refractivity contribution >= 4 is 28.4 Å². The van der Waals surface area contributed by atoms with Gasteiger partial charge in [0.25, 0.3) is 5.91 Å². The molecular formula is C29H35N3O3. The van der Waals surface area contributed by atoms with E-state index < -0.39 is 5.91 Å². The maximum atomic E-state index is 13.4. The first kappa shape index (κ1) is 23.6. The summed E-state index contributed by atoms with van der Waals surface area (Å²) in [6, 6.07) is 14.1. The average molecular weight is 474 g/mol.